The van der Waals surface area contributed by atoms with E-state index in [4.69, 9.17) is 25.2 Å². The van der Waals surface area contributed by atoms with Crippen molar-refractivity contribution in [3.8, 4) is 0 Å². The highest BCUT2D eigenvalue weighted by Crippen LogP contribution is 2.57. The van der Waals surface area contributed by atoms with E-state index < -0.39 is 40.3 Å². The van der Waals surface area contributed by atoms with Gasteiger partial charge in [-0.2, -0.15) is 9.29 Å². The molecule has 3 atom stereocenters. The predicted molar refractivity (Wildman–Crippen MR) is 77.9 cm³/mol. The third kappa shape index (κ3) is 7.34. The topological polar surface area (TPSA) is 218 Å². The molecule has 0 saturated heterocycles. The van der Waals surface area contributed by atoms with Gasteiger partial charge in [0.15, 0.2) is 18.8 Å². The average molecular weight is 401 g/mol. The van der Waals surface area contributed by atoms with E-state index in [0.717, 1.165) is 6.20 Å². The maximum Gasteiger partial charge on any atom is 0.481 e. The van der Waals surface area contributed by atoms with Crippen molar-refractivity contribution < 1.29 is 47.0 Å². The molecule has 0 spiro atoms. The van der Waals surface area contributed by atoms with Gasteiger partial charge in [-0.25, -0.2) is 13.9 Å². The lowest BCUT2D eigenvalue weighted by Gasteiger charge is -2.20. The van der Waals surface area contributed by atoms with Crippen LogP contribution < -0.4 is 11.4 Å². The molecule has 0 aliphatic heterocycles. The van der Waals surface area contributed by atoms with Gasteiger partial charge in [-0.05, 0) is 6.07 Å². The van der Waals surface area contributed by atoms with Crippen LogP contribution in [0, 0.1) is 0 Å². The van der Waals surface area contributed by atoms with E-state index in [9.17, 15) is 23.5 Å². The van der Waals surface area contributed by atoms with Crippen molar-refractivity contribution in [2.75, 3.05) is 12.3 Å². The Kier molecular flexibility index (Phi) is 7.29. The molecule has 0 radical (unpaired) electrons. The molecule has 0 aliphatic carbocycles. The molecule has 0 fully saturated rings. The lowest BCUT2D eigenvalue weighted by atomic mass is 10.4. The molecule has 14 nitrogen and oxygen atoms in total. The van der Waals surface area contributed by atoms with E-state index in [1.165, 1.54) is 6.07 Å². The highest BCUT2D eigenvalue weighted by atomic mass is 31.3. The Morgan fingerprint density at radius 2 is 1.92 bits per heavy atom. The molecule has 0 aliphatic rings. The summed E-state index contributed by atoms with van der Waals surface area (Å²) in [4.78, 5) is 62.9. The Hall–Kier alpha value is -1.76. The van der Waals surface area contributed by atoms with Crippen molar-refractivity contribution in [2.45, 2.75) is 12.3 Å². The predicted octanol–water partition coefficient (Wildman–Crippen LogP) is -1.67. The summed E-state index contributed by atoms with van der Waals surface area (Å²) in [6, 6.07) is 1.17. The monoisotopic (exact) mass is 401 g/mol. The average Bonchev–Trinajstić information content (AvgIpc) is 2.46. The highest BCUT2D eigenvalue weighted by molar-refractivity contribution is 7.60. The van der Waals surface area contributed by atoms with Crippen molar-refractivity contribution >= 4 is 34.0 Å². The standard InChI is InChI=1S/C9H13N3O11P2/c10-7-1-2-12(9(15)11-7)8(4-14)22-6(3-13)5-21-25(19,20)23-24(16,17)18/h1-4,6,8H,5H2,(H,19,20)(H2,10,11,15)(H2,16,17,18)/t6-,8+/m0/s1. The second-order valence-electron chi connectivity index (χ2n) is 4.22. The number of phosphoric ester groups is 1. The third-order valence-electron chi connectivity index (χ3n) is 2.32. The second kappa shape index (κ2) is 8.56. The number of carbonyl (C=O) groups excluding carboxylic acids is 2. The molecule has 140 valence electrons. The zero-order chi connectivity index (χ0) is 19.3. The Labute approximate surface area is 139 Å². The van der Waals surface area contributed by atoms with Gasteiger partial charge in [0.05, 0.1) is 6.61 Å². The van der Waals surface area contributed by atoms with Crippen molar-refractivity contribution in [1.29, 1.82) is 0 Å². The molecule has 0 aromatic carbocycles. The van der Waals surface area contributed by atoms with Crippen LogP contribution in [0.4, 0.5) is 5.82 Å². The largest absolute Gasteiger partial charge is 0.481 e. The van der Waals surface area contributed by atoms with Crippen LogP contribution in [0.2, 0.25) is 0 Å². The van der Waals surface area contributed by atoms with Gasteiger partial charge in [0.25, 0.3) is 0 Å². The fourth-order valence-electron chi connectivity index (χ4n) is 1.40. The molecule has 16 heteroatoms. The number of aromatic nitrogens is 2. The molecule has 5 N–H and O–H groups in total. The fraction of sp³-hybridized carbons (Fsp3) is 0.333. The lowest BCUT2D eigenvalue weighted by Crippen LogP contribution is -2.33. The van der Waals surface area contributed by atoms with Gasteiger partial charge in [-0.1, -0.05) is 0 Å². The van der Waals surface area contributed by atoms with Crippen LogP contribution in [0.25, 0.3) is 0 Å². The van der Waals surface area contributed by atoms with Gasteiger partial charge in [0.1, 0.15) is 11.9 Å². The lowest BCUT2D eigenvalue weighted by molar-refractivity contribution is -0.139. The highest BCUT2D eigenvalue weighted by Gasteiger charge is 2.33. The number of phosphoric acid groups is 2. The molecule has 1 aromatic rings. The smallest absolute Gasteiger partial charge is 0.383 e. The van der Waals surface area contributed by atoms with Crippen LogP contribution in [-0.4, -0.2) is 49.5 Å². The minimum absolute atomic E-state index is 0.0593. The van der Waals surface area contributed by atoms with Crippen LogP contribution in [0.1, 0.15) is 6.23 Å². The zero-order valence-corrected chi connectivity index (χ0v) is 13.9. The number of nitrogens with zero attached hydrogens (tertiary/aromatic N) is 2. The molecule has 0 saturated carbocycles. The van der Waals surface area contributed by atoms with E-state index in [1.807, 2.05) is 0 Å². The van der Waals surface area contributed by atoms with E-state index >= 15 is 0 Å². The van der Waals surface area contributed by atoms with E-state index in [1.54, 1.807) is 0 Å². The second-order valence-corrected chi connectivity index (χ2v) is 7.05. The van der Waals surface area contributed by atoms with Gasteiger partial charge >= 0.3 is 21.3 Å². The third-order valence-corrected chi connectivity index (χ3v) is 4.47. The molecule has 1 heterocycles. The Balaban J connectivity index is 2.81. The zero-order valence-electron chi connectivity index (χ0n) is 12.1. The summed E-state index contributed by atoms with van der Waals surface area (Å²) in [6.45, 7) is -1.02. The summed E-state index contributed by atoms with van der Waals surface area (Å²) in [5, 5.41) is 0. The number of ether oxygens (including phenoxy) is 1. The fourth-order valence-corrected chi connectivity index (χ4v) is 3.00. The van der Waals surface area contributed by atoms with Crippen LogP contribution in [0.5, 0.6) is 0 Å². The molecule has 0 amide bonds. The summed E-state index contributed by atoms with van der Waals surface area (Å²) < 4.78 is 35.0. The van der Waals surface area contributed by atoms with Crippen LogP contribution in [-0.2, 0) is 32.3 Å². The number of aldehydes is 2. The number of hydrogen-bond acceptors (Lipinski definition) is 10. The number of nitrogens with two attached hydrogens (primary N) is 1. The number of anilines is 1. The SMILES string of the molecule is Nc1ccn([C@@H](C=O)O[C@@H](C=O)COP(=O)(O)OP(=O)(O)O)c(=O)n1. The van der Waals surface area contributed by atoms with Gasteiger partial charge in [-0.15, -0.1) is 0 Å². The van der Waals surface area contributed by atoms with Gasteiger partial charge in [-0.3, -0.25) is 13.9 Å². The van der Waals surface area contributed by atoms with Crippen molar-refractivity contribution in [2.24, 2.45) is 0 Å². The van der Waals surface area contributed by atoms with E-state index in [0.29, 0.717) is 4.57 Å². The number of hydrogen-bond donors (Lipinski definition) is 4. The van der Waals surface area contributed by atoms with Crippen molar-refractivity contribution in [3.05, 3.63) is 22.7 Å². The van der Waals surface area contributed by atoms with Gasteiger partial charge < -0.3 is 29.9 Å². The minimum Gasteiger partial charge on any atom is -0.383 e. The Bertz CT molecular complexity index is 774. The van der Waals surface area contributed by atoms with Crippen molar-refractivity contribution in [3.63, 3.8) is 0 Å². The first-order valence-corrected chi connectivity index (χ1v) is 9.15. The Morgan fingerprint density at radius 1 is 1.28 bits per heavy atom. The quantitative estimate of drug-likeness (QED) is 0.255. The summed E-state index contributed by atoms with van der Waals surface area (Å²) >= 11 is 0. The molecule has 1 rings (SSSR count). The summed E-state index contributed by atoms with van der Waals surface area (Å²) in [6.07, 6.45) is -2.08. The maximum absolute atomic E-state index is 11.6. The first kappa shape index (κ1) is 21.3. The summed E-state index contributed by atoms with van der Waals surface area (Å²) in [7, 11) is -10.5. The number of carbonyl (C=O) groups is 2. The van der Waals surface area contributed by atoms with Crippen LogP contribution in [0.15, 0.2) is 17.1 Å². The number of nitrogen functional groups attached to an aromatic ring is 1. The van der Waals surface area contributed by atoms with Gasteiger partial charge in [0.2, 0.25) is 0 Å². The first-order chi connectivity index (χ1) is 11.5. The molecular formula is C9H13N3O11P2. The van der Waals surface area contributed by atoms with E-state index in [-0.39, 0.29) is 18.4 Å². The van der Waals surface area contributed by atoms with Crippen molar-refractivity contribution in [1.82, 2.24) is 9.55 Å². The summed E-state index contributed by atoms with van der Waals surface area (Å²) in [5.41, 5.74) is 4.30. The number of rotatable bonds is 10. The Morgan fingerprint density at radius 3 is 2.40 bits per heavy atom. The van der Waals surface area contributed by atoms with E-state index in [2.05, 4.69) is 13.8 Å². The van der Waals surface area contributed by atoms with Crippen LogP contribution in [0.3, 0.4) is 0 Å². The first-order valence-electron chi connectivity index (χ1n) is 6.12. The molecule has 1 aromatic heterocycles. The molecule has 1 unspecified atom stereocenters. The maximum atomic E-state index is 11.6. The van der Waals surface area contributed by atoms with Crippen LogP contribution >= 0.6 is 15.6 Å². The molecule has 0 bridgehead atoms. The summed E-state index contributed by atoms with van der Waals surface area (Å²) in [5.74, 6) is -0.128. The van der Waals surface area contributed by atoms with Gasteiger partial charge in [0, 0.05) is 6.20 Å². The molecule has 25 heavy (non-hydrogen) atoms. The minimum atomic E-state index is -5.34. The normalized spacial score (nSPS) is 16.6. The molecular weight excluding hydrogens is 388 g/mol.